The van der Waals surface area contributed by atoms with E-state index in [-0.39, 0.29) is 0 Å². The second kappa shape index (κ2) is 3.63. The normalized spacial score (nSPS) is 23.2. The Hall–Kier alpha value is -1.84. The standard InChI is InChI=1S/C12H12O4/c1-12(11(14)15-2)7-8-5-3-4-6-9(8)10(13)16-12/h3-6H,7H2,1-2H3/t12-/m1/s1. The average molecular weight is 220 g/mol. The monoisotopic (exact) mass is 220 g/mol. The number of benzene rings is 1. The van der Waals surface area contributed by atoms with Crippen molar-refractivity contribution in [3.8, 4) is 0 Å². The zero-order chi connectivity index (χ0) is 11.8. The highest BCUT2D eigenvalue weighted by atomic mass is 16.6. The number of carbonyl (C=O) groups excluding carboxylic acids is 2. The third kappa shape index (κ3) is 1.56. The van der Waals surface area contributed by atoms with E-state index < -0.39 is 17.5 Å². The minimum atomic E-state index is -1.21. The summed E-state index contributed by atoms with van der Waals surface area (Å²) in [5.41, 5.74) is 0.121. The van der Waals surface area contributed by atoms with Crippen LogP contribution in [0, 0.1) is 0 Å². The number of hydrogen-bond donors (Lipinski definition) is 0. The Kier molecular flexibility index (Phi) is 2.42. The van der Waals surface area contributed by atoms with Crippen LogP contribution in [0.1, 0.15) is 22.8 Å². The van der Waals surface area contributed by atoms with Gasteiger partial charge in [0.05, 0.1) is 12.7 Å². The lowest BCUT2D eigenvalue weighted by Crippen LogP contribution is -2.46. The molecule has 1 heterocycles. The smallest absolute Gasteiger partial charge is 0.350 e. The number of cyclic esters (lactones) is 1. The van der Waals surface area contributed by atoms with Gasteiger partial charge >= 0.3 is 11.9 Å². The fraction of sp³-hybridized carbons (Fsp3) is 0.333. The summed E-state index contributed by atoms with van der Waals surface area (Å²) in [7, 11) is 1.28. The van der Waals surface area contributed by atoms with Crippen LogP contribution >= 0.6 is 0 Å². The molecular weight excluding hydrogens is 208 g/mol. The number of esters is 2. The Morgan fingerprint density at radius 1 is 1.44 bits per heavy atom. The summed E-state index contributed by atoms with van der Waals surface area (Å²) in [5.74, 6) is -1.01. The van der Waals surface area contributed by atoms with E-state index in [2.05, 4.69) is 4.74 Å². The fourth-order valence-electron chi connectivity index (χ4n) is 1.86. The lowest BCUT2D eigenvalue weighted by atomic mass is 9.90. The van der Waals surface area contributed by atoms with E-state index in [4.69, 9.17) is 4.74 Å². The zero-order valence-corrected chi connectivity index (χ0v) is 9.15. The van der Waals surface area contributed by atoms with E-state index >= 15 is 0 Å². The molecule has 4 nitrogen and oxygen atoms in total. The van der Waals surface area contributed by atoms with Crippen molar-refractivity contribution in [3.05, 3.63) is 35.4 Å². The van der Waals surface area contributed by atoms with Crippen LogP contribution in [0.2, 0.25) is 0 Å². The lowest BCUT2D eigenvalue weighted by molar-refractivity contribution is -0.161. The largest absolute Gasteiger partial charge is 0.466 e. The van der Waals surface area contributed by atoms with Gasteiger partial charge in [0.2, 0.25) is 5.60 Å². The highest BCUT2D eigenvalue weighted by Crippen LogP contribution is 2.28. The van der Waals surface area contributed by atoms with Crippen LogP contribution in [0.3, 0.4) is 0 Å². The molecule has 0 spiro atoms. The maximum absolute atomic E-state index is 11.7. The second-order valence-corrected chi connectivity index (χ2v) is 3.95. The van der Waals surface area contributed by atoms with Gasteiger partial charge in [-0.25, -0.2) is 9.59 Å². The highest BCUT2D eigenvalue weighted by Gasteiger charge is 2.43. The Bertz CT molecular complexity index is 452. The number of ether oxygens (including phenoxy) is 2. The van der Waals surface area contributed by atoms with Crippen LogP contribution in [-0.4, -0.2) is 24.6 Å². The number of fused-ring (bicyclic) bond motifs is 1. The molecule has 0 amide bonds. The molecule has 1 aliphatic rings. The lowest BCUT2D eigenvalue weighted by Gasteiger charge is -2.31. The van der Waals surface area contributed by atoms with Gasteiger partial charge in [0.15, 0.2) is 0 Å². The molecule has 2 rings (SSSR count). The fourth-order valence-corrected chi connectivity index (χ4v) is 1.86. The molecule has 0 saturated carbocycles. The van der Waals surface area contributed by atoms with Gasteiger partial charge < -0.3 is 9.47 Å². The number of rotatable bonds is 1. The maximum atomic E-state index is 11.7. The SMILES string of the molecule is COC(=O)[C@@]1(C)Cc2ccccc2C(=O)O1. The number of carbonyl (C=O) groups is 2. The Morgan fingerprint density at radius 2 is 2.12 bits per heavy atom. The van der Waals surface area contributed by atoms with Crippen LogP contribution in [0.4, 0.5) is 0 Å². The van der Waals surface area contributed by atoms with E-state index in [1.807, 2.05) is 12.1 Å². The molecule has 16 heavy (non-hydrogen) atoms. The summed E-state index contributed by atoms with van der Waals surface area (Å²) in [6, 6.07) is 7.10. The van der Waals surface area contributed by atoms with Crippen molar-refractivity contribution in [1.82, 2.24) is 0 Å². The minimum Gasteiger partial charge on any atom is -0.466 e. The number of methoxy groups -OCH3 is 1. The predicted octanol–water partition coefficient (Wildman–Crippen LogP) is 1.33. The first-order chi connectivity index (χ1) is 7.57. The Balaban J connectivity index is 2.41. The molecule has 0 unspecified atom stereocenters. The van der Waals surface area contributed by atoms with Gasteiger partial charge in [-0.15, -0.1) is 0 Å². The molecule has 84 valence electrons. The molecule has 0 fully saturated rings. The van der Waals surface area contributed by atoms with Crippen LogP contribution in [-0.2, 0) is 20.7 Å². The topological polar surface area (TPSA) is 52.6 Å². The van der Waals surface area contributed by atoms with Crippen molar-refractivity contribution in [2.75, 3.05) is 7.11 Å². The summed E-state index contributed by atoms with van der Waals surface area (Å²) >= 11 is 0. The first-order valence-electron chi connectivity index (χ1n) is 4.96. The highest BCUT2D eigenvalue weighted by molar-refractivity contribution is 5.96. The summed E-state index contributed by atoms with van der Waals surface area (Å²) < 4.78 is 9.78. The van der Waals surface area contributed by atoms with Crippen molar-refractivity contribution >= 4 is 11.9 Å². The van der Waals surface area contributed by atoms with Gasteiger partial charge in [-0.1, -0.05) is 18.2 Å². The molecular formula is C12H12O4. The first kappa shape index (κ1) is 10.7. The van der Waals surface area contributed by atoms with E-state index in [1.165, 1.54) is 7.11 Å². The van der Waals surface area contributed by atoms with Crippen molar-refractivity contribution in [2.45, 2.75) is 18.9 Å². The molecule has 0 N–H and O–H groups in total. The molecule has 4 heteroatoms. The summed E-state index contributed by atoms with van der Waals surface area (Å²) in [5, 5.41) is 0. The third-order valence-electron chi connectivity index (χ3n) is 2.70. The molecule has 1 aliphatic heterocycles. The Morgan fingerprint density at radius 3 is 2.81 bits per heavy atom. The molecule has 0 aromatic heterocycles. The van der Waals surface area contributed by atoms with Crippen LogP contribution in [0.25, 0.3) is 0 Å². The van der Waals surface area contributed by atoms with Crippen molar-refractivity contribution in [3.63, 3.8) is 0 Å². The number of hydrogen-bond acceptors (Lipinski definition) is 4. The predicted molar refractivity (Wildman–Crippen MR) is 56.0 cm³/mol. The van der Waals surface area contributed by atoms with Crippen molar-refractivity contribution in [2.24, 2.45) is 0 Å². The zero-order valence-electron chi connectivity index (χ0n) is 9.15. The molecule has 1 aromatic rings. The summed E-state index contributed by atoms with van der Waals surface area (Å²) in [6.07, 6.45) is 0.349. The first-order valence-corrected chi connectivity index (χ1v) is 4.96. The van der Waals surface area contributed by atoms with Gasteiger partial charge in [-0.3, -0.25) is 0 Å². The maximum Gasteiger partial charge on any atom is 0.350 e. The van der Waals surface area contributed by atoms with Crippen molar-refractivity contribution < 1.29 is 19.1 Å². The molecule has 0 radical (unpaired) electrons. The molecule has 0 saturated heterocycles. The van der Waals surface area contributed by atoms with Crippen LogP contribution < -0.4 is 0 Å². The Labute approximate surface area is 93.2 Å². The second-order valence-electron chi connectivity index (χ2n) is 3.95. The van der Waals surface area contributed by atoms with E-state index in [0.717, 1.165) is 5.56 Å². The van der Waals surface area contributed by atoms with Crippen LogP contribution in [0.15, 0.2) is 24.3 Å². The van der Waals surface area contributed by atoms with Crippen LogP contribution in [0.5, 0.6) is 0 Å². The van der Waals surface area contributed by atoms with Gasteiger partial charge in [0.1, 0.15) is 0 Å². The van der Waals surface area contributed by atoms with Gasteiger partial charge in [0, 0.05) is 6.42 Å². The van der Waals surface area contributed by atoms with Gasteiger partial charge in [-0.05, 0) is 18.6 Å². The van der Waals surface area contributed by atoms with Gasteiger partial charge in [0.25, 0.3) is 0 Å². The molecule has 1 aromatic carbocycles. The third-order valence-corrected chi connectivity index (χ3v) is 2.70. The van der Waals surface area contributed by atoms with E-state index in [1.54, 1.807) is 19.1 Å². The van der Waals surface area contributed by atoms with Gasteiger partial charge in [-0.2, -0.15) is 0 Å². The van der Waals surface area contributed by atoms with Crippen molar-refractivity contribution in [1.29, 1.82) is 0 Å². The molecule has 1 atom stereocenters. The van der Waals surface area contributed by atoms with E-state index in [0.29, 0.717) is 12.0 Å². The van der Waals surface area contributed by atoms with E-state index in [9.17, 15) is 9.59 Å². The quantitative estimate of drug-likeness (QED) is 0.670. The minimum absolute atomic E-state index is 0.349. The average Bonchev–Trinajstić information content (AvgIpc) is 2.27. The summed E-state index contributed by atoms with van der Waals surface area (Å²) in [4.78, 5) is 23.2. The molecule has 0 aliphatic carbocycles. The molecule has 0 bridgehead atoms. The summed E-state index contributed by atoms with van der Waals surface area (Å²) in [6.45, 7) is 1.56.